The summed E-state index contributed by atoms with van der Waals surface area (Å²) in [5.74, 6) is 1.29. The number of hydrogen-bond acceptors (Lipinski definition) is 5. The molecule has 31 heavy (non-hydrogen) atoms. The predicted octanol–water partition coefficient (Wildman–Crippen LogP) is 3.77. The van der Waals surface area contributed by atoms with Crippen molar-refractivity contribution < 1.29 is 22.4 Å². The molecule has 2 aromatic carbocycles. The summed E-state index contributed by atoms with van der Waals surface area (Å²) in [6.07, 6.45) is 5.99. The summed E-state index contributed by atoms with van der Waals surface area (Å²) >= 11 is 0. The zero-order chi connectivity index (χ0) is 21.4. The van der Waals surface area contributed by atoms with Gasteiger partial charge < -0.3 is 14.5 Å². The number of sulfonamides is 1. The molecule has 0 unspecified atom stereocenters. The van der Waals surface area contributed by atoms with E-state index in [-0.39, 0.29) is 23.5 Å². The summed E-state index contributed by atoms with van der Waals surface area (Å²) in [5.41, 5.74) is 2.50. The molecule has 0 radical (unpaired) electrons. The SMILES string of the molecule is O=C(COc1ccc2oc3c(c2c1)CCCC3)Nc1cccc(S(=O)(=O)NC2CC2)c1. The fourth-order valence-electron chi connectivity index (χ4n) is 3.91. The number of carbonyl (C=O) groups is 1. The molecule has 1 amide bonds. The molecule has 1 aromatic heterocycles. The summed E-state index contributed by atoms with van der Waals surface area (Å²) in [4.78, 5) is 12.5. The molecule has 0 saturated heterocycles. The molecule has 5 rings (SSSR count). The monoisotopic (exact) mass is 440 g/mol. The van der Waals surface area contributed by atoms with Crippen LogP contribution in [0, 0.1) is 0 Å². The van der Waals surface area contributed by atoms with Crippen LogP contribution in [0.5, 0.6) is 5.75 Å². The molecule has 1 saturated carbocycles. The quantitative estimate of drug-likeness (QED) is 0.583. The van der Waals surface area contributed by atoms with E-state index in [9.17, 15) is 13.2 Å². The number of amides is 1. The van der Waals surface area contributed by atoms with Gasteiger partial charge in [-0.05, 0) is 68.5 Å². The fraction of sp³-hybridized carbons (Fsp3) is 0.348. The average molecular weight is 441 g/mol. The van der Waals surface area contributed by atoms with Crippen LogP contribution < -0.4 is 14.8 Å². The van der Waals surface area contributed by atoms with Crippen molar-refractivity contribution in [1.82, 2.24) is 4.72 Å². The second-order valence-electron chi connectivity index (χ2n) is 8.13. The van der Waals surface area contributed by atoms with E-state index in [4.69, 9.17) is 9.15 Å². The molecule has 2 N–H and O–H groups in total. The van der Waals surface area contributed by atoms with Crippen LogP contribution in [0.1, 0.15) is 37.0 Å². The van der Waals surface area contributed by atoms with E-state index < -0.39 is 10.0 Å². The largest absolute Gasteiger partial charge is 0.484 e. The second-order valence-corrected chi connectivity index (χ2v) is 9.84. The van der Waals surface area contributed by atoms with Crippen molar-refractivity contribution in [2.75, 3.05) is 11.9 Å². The van der Waals surface area contributed by atoms with Gasteiger partial charge in [0, 0.05) is 29.1 Å². The van der Waals surface area contributed by atoms with Gasteiger partial charge in [0.1, 0.15) is 17.1 Å². The maximum atomic E-state index is 12.4. The fourth-order valence-corrected chi connectivity index (χ4v) is 5.26. The zero-order valence-corrected chi connectivity index (χ0v) is 17.8. The third kappa shape index (κ3) is 4.45. The highest BCUT2D eigenvalue weighted by Crippen LogP contribution is 2.34. The van der Waals surface area contributed by atoms with Crippen molar-refractivity contribution in [3.63, 3.8) is 0 Å². The van der Waals surface area contributed by atoms with Crippen molar-refractivity contribution >= 4 is 32.6 Å². The number of fused-ring (bicyclic) bond motifs is 3. The minimum atomic E-state index is -3.58. The van der Waals surface area contributed by atoms with Gasteiger partial charge in [-0.1, -0.05) is 6.07 Å². The third-order valence-corrected chi connectivity index (χ3v) is 7.14. The van der Waals surface area contributed by atoms with E-state index in [0.29, 0.717) is 11.4 Å². The Morgan fingerprint density at radius 3 is 2.77 bits per heavy atom. The molecule has 0 aliphatic heterocycles. The van der Waals surface area contributed by atoms with Crippen molar-refractivity contribution in [2.24, 2.45) is 0 Å². The molecule has 8 heteroatoms. The van der Waals surface area contributed by atoms with Crippen molar-refractivity contribution in [2.45, 2.75) is 49.5 Å². The lowest BCUT2D eigenvalue weighted by atomic mass is 9.96. The molecule has 2 aliphatic carbocycles. The van der Waals surface area contributed by atoms with Gasteiger partial charge in [-0.3, -0.25) is 4.79 Å². The molecule has 0 bridgehead atoms. The van der Waals surface area contributed by atoms with Crippen molar-refractivity contribution in [1.29, 1.82) is 0 Å². The van der Waals surface area contributed by atoms with Crippen LogP contribution in [-0.4, -0.2) is 27.0 Å². The molecule has 7 nitrogen and oxygen atoms in total. The molecule has 0 spiro atoms. The Morgan fingerprint density at radius 2 is 1.94 bits per heavy atom. The van der Waals surface area contributed by atoms with Gasteiger partial charge >= 0.3 is 0 Å². The van der Waals surface area contributed by atoms with E-state index >= 15 is 0 Å². The summed E-state index contributed by atoms with van der Waals surface area (Å²) < 4.78 is 39.0. The lowest BCUT2D eigenvalue weighted by Crippen LogP contribution is -2.26. The molecule has 0 atom stereocenters. The van der Waals surface area contributed by atoms with Gasteiger partial charge in [0.2, 0.25) is 10.0 Å². The maximum Gasteiger partial charge on any atom is 0.262 e. The summed E-state index contributed by atoms with van der Waals surface area (Å²) in [6, 6.07) is 11.8. The maximum absolute atomic E-state index is 12.4. The lowest BCUT2D eigenvalue weighted by molar-refractivity contribution is -0.118. The van der Waals surface area contributed by atoms with Gasteiger partial charge in [-0.2, -0.15) is 0 Å². The van der Waals surface area contributed by atoms with Crippen LogP contribution in [0.15, 0.2) is 51.8 Å². The van der Waals surface area contributed by atoms with E-state index in [2.05, 4.69) is 10.0 Å². The number of rotatable bonds is 7. The molecular weight excluding hydrogens is 416 g/mol. The first-order valence-corrected chi connectivity index (χ1v) is 12.1. The predicted molar refractivity (Wildman–Crippen MR) is 117 cm³/mol. The number of benzene rings is 2. The van der Waals surface area contributed by atoms with Gasteiger partial charge in [-0.15, -0.1) is 0 Å². The number of carbonyl (C=O) groups excluding carboxylic acids is 1. The van der Waals surface area contributed by atoms with Gasteiger partial charge in [-0.25, -0.2) is 13.1 Å². The van der Waals surface area contributed by atoms with Crippen LogP contribution in [0.3, 0.4) is 0 Å². The molecule has 162 valence electrons. The number of hydrogen-bond donors (Lipinski definition) is 2. The van der Waals surface area contributed by atoms with Gasteiger partial charge in [0.15, 0.2) is 6.61 Å². The van der Waals surface area contributed by atoms with E-state index in [1.54, 1.807) is 18.2 Å². The van der Waals surface area contributed by atoms with E-state index in [1.165, 1.54) is 17.7 Å². The number of nitrogens with one attached hydrogen (secondary N) is 2. The van der Waals surface area contributed by atoms with Crippen LogP contribution >= 0.6 is 0 Å². The lowest BCUT2D eigenvalue weighted by Gasteiger charge is -2.10. The average Bonchev–Trinajstić information content (AvgIpc) is 3.49. The standard InChI is InChI=1S/C23H24N2O5S/c26-23(24-16-4-3-5-18(12-16)31(27,28)25-15-8-9-15)14-29-17-10-11-22-20(13-17)19-6-1-2-7-21(19)30-22/h3-5,10-13,15,25H,1-2,6-9,14H2,(H,24,26). The Labute approximate surface area is 180 Å². The Hall–Kier alpha value is -2.84. The first-order valence-electron chi connectivity index (χ1n) is 10.6. The Morgan fingerprint density at radius 1 is 1.10 bits per heavy atom. The second kappa shape index (κ2) is 8.01. The van der Waals surface area contributed by atoms with Gasteiger partial charge in [0.05, 0.1) is 4.90 Å². The van der Waals surface area contributed by atoms with Crippen LogP contribution in [0.4, 0.5) is 5.69 Å². The highest BCUT2D eigenvalue weighted by atomic mass is 32.2. The number of anilines is 1. The summed E-state index contributed by atoms with van der Waals surface area (Å²) in [7, 11) is -3.58. The van der Waals surface area contributed by atoms with Gasteiger partial charge in [0.25, 0.3) is 5.91 Å². The molecule has 1 heterocycles. The van der Waals surface area contributed by atoms with Crippen molar-refractivity contribution in [3.8, 4) is 5.75 Å². The molecular formula is C23H24N2O5S. The van der Waals surface area contributed by atoms with E-state index in [0.717, 1.165) is 55.3 Å². The topological polar surface area (TPSA) is 97.6 Å². The molecule has 3 aromatic rings. The molecule has 1 fully saturated rings. The summed E-state index contributed by atoms with van der Waals surface area (Å²) in [5, 5.41) is 3.75. The zero-order valence-electron chi connectivity index (χ0n) is 17.0. The first kappa shape index (κ1) is 20.1. The highest BCUT2D eigenvalue weighted by molar-refractivity contribution is 7.89. The number of furan rings is 1. The molecule has 2 aliphatic rings. The Bertz CT molecular complexity index is 1240. The van der Waals surface area contributed by atoms with E-state index in [1.807, 2.05) is 12.1 Å². The van der Waals surface area contributed by atoms with Crippen LogP contribution in [0.2, 0.25) is 0 Å². The number of aryl methyl sites for hydroxylation is 2. The van der Waals surface area contributed by atoms with Crippen molar-refractivity contribution in [3.05, 3.63) is 53.8 Å². The highest BCUT2D eigenvalue weighted by Gasteiger charge is 2.28. The minimum absolute atomic E-state index is 0.0230. The van der Waals surface area contributed by atoms with Crippen LogP contribution in [0.25, 0.3) is 11.0 Å². The summed E-state index contributed by atoms with van der Waals surface area (Å²) in [6.45, 7) is -0.178. The smallest absolute Gasteiger partial charge is 0.262 e. The number of ether oxygens (including phenoxy) is 1. The third-order valence-electron chi connectivity index (χ3n) is 5.62. The minimum Gasteiger partial charge on any atom is -0.484 e. The Balaban J connectivity index is 1.23. The van der Waals surface area contributed by atoms with Crippen LogP contribution in [-0.2, 0) is 27.7 Å². The normalized spacial score (nSPS) is 16.1. The Kier molecular flexibility index (Phi) is 5.19. The first-order chi connectivity index (χ1) is 15.0.